The monoisotopic (exact) mass is 211 g/mol. The molecule has 0 aromatic carbocycles. The first kappa shape index (κ1) is 11.6. The lowest BCUT2D eigenvalue weighted by molar-refractivity contribution is 0.0634. The van der Waals surface area contributed by atoms with Crippen molar-refractivity contribution in [3.63, 3.8) is 0 Å². The van der Waals surface area contributed by atoms with Crippen molar-refractivity contribution in [1.82, 2.24) is 4.98 Å². The van der Waals surface area contributed by atoms with Crippen molar-refractivity contribution in [2.45, 2.75) is 20.0 Å². The number of aromatic nitrogens is 1. The van der Waals surface area contributed by atoms with Crippen LogP contribution in [0.4, 0.5) is 11.5 Å². The van der Waals surface area contributed by atoms with Gasteiger partial charge in [0.25, 0.3) is 0 Å². The summed E-state index contributed by atoms with van der Waals surface area (Å²) in [5.41, 5.74) is 11.5. The van der Waals surface area contributed by atoms with Crippen molar-refractivity contribution in [2.75, 3.05) is 24.7 Å². The van der Waals surface area contributed by atoms with E-state index in [9.17, 15) is 0 Å². The van der Waals surface area contributed by atoms with Crippen molar-refractivity contribution in [1.29, 1.82) is 0 Å². The van der Waals surface area contributed by atoms with Gasteiger partial charge < -0.3 is 20.9 Å². The maximum absolute atomic E-state index is 5.55. The Bertz CT molecular complexity index is 318. The molecule has 1 unspecified atom stereocenters. The molecule has 0 aliphatic rings. The van der Waals surface area contributed by atoms with Gasteiger partial charge in [0.2, 0.25) is 5.88 Å². The molecule has 0 amide bonds. The third-order valence-corrected chi connectivity index (χ3v) is 1.81. The van der Waals surface area contributed by atoms with E-state index in [-0.39, 0.29) is 11.9 Å². The molecule has 0 aliphatic carbocycles. The largest absolute Gasteiger partial charge is 0.472 e. The number of anilines is 2. The molecule has 1 rings (SSSR count). The van der Waals surface area contributed by atoms with E-state index in [0.717, 1.165) is 0 Å². The number of hydrogen-bond acceptors (Lipinski definition) is 5. The summed E-state index contributed by atoms with van der Waals surface area (Å²) in [5, 5.41) is 0. The Morgan fingerprint density at radius 3 is 2.73 bits per heavy atom. The highest BCUT2D eigenvalue weighted by atomic mass is 16.5. The molecule has 0 bridgehead atoms. The Balaban J connectivity index is 2.53. The van der Waals surface area contributed by atoms with E-state index in [1.54, 1.807) is 12.1 Å². The highest BCUT2D eigenvalue weighted by molar-refractivity contribution is 5.58. The molecule has 1 aromatic rings. The molecule has 0 spiro atoms. The average Bonchev–Trinajstić information content (AvgIpc) is 2.20. The topological polar surface area (TPSA) is 83.4 Å². The van der Waals surface area contributed by atoms with Crippen molar-refractivity contribution in [2.24, 2.45) is 0 Å². The smallest absolute Gasteiger partial charge is 0.215 e. The van der Waals surface area contributed by atoms with Crippen LogP contribution < -0.4 is 16.2 Å². The third-order valence-electron chi connectivity index (χ3n) is 1.81. The lowest BCUT2D eigenvalue weighted by Gasteiger charge is -2.14. The van der Waals surface area contributed by atoms with Crippen molar-refractivity contribution in [3.05, 3.63) is 12.1 Å². The normalized spacial score (nSPS) is 12.4. The number of pyridine rings is 1. The maximum Gasteiger partial charge on any atom is 0.215 e. The standard InChI is InChI=1S/C10H17N3O2/c1-3-14-6-7(2)15-9-5-4-8(11)10(12)13-9/h4-5,7H,3,6,11H2,1-2H3,(H2,12,13). The SMILES string of the molecule is CCOCC(C)Oc1ccc(N)c(N)n1. The lowest BCUT2D eigenvalue weighted by atomic mass is 10.4. The van der Waals surface area contributed by atoms with Crippen LogP contribution in [0.1, 0.15) is 13.8 Å². The molecule has 1 heterocycles. The molecular weight excluding hydrogens is 194 g/mol. The Morgan fingerprint density at radius 2 is 2.13 bits per heavy atom. The number of ether oxygens (including phenoxy) is 2. The fourth-order valence-corrected chi connectivity index (χ4v) is 1.06. The fourth-order valence-electron chi connectivity index (χ4n) is 1.06. The number of nitrogens with two attached hydrogens (primary N) is 2. The van der Waals surface area contributed by atoms with Gasteiger partial charge in [0, 0.05) is 12.7 Å². The minimum atomic E-state index is -0.0551. The summed E-state index contributed by atoms with van der Waals surface area (Å²) < 4.78 is 10.7. The van der Waals surface area contributed by atoms with Gasteiger partial charge in [0.05, 0.1) is 12.3 Å². The van der Waals surface area contributed by atoms with Crippen molar-refractivity contribution in [3.8, 4) is 5.88 Å². The second kappa shape index (κ2) is 5.41. The molecule has 15 heavy (non-hydrogen) atoms. The third kappa shape index (κ3) is 3.63. The fraction of sp³-hybridized carbons (Fsp3) is 0.500. The van der Waals surface area contributed by atoms with Crippen LogP contribution in [0.3, 0.4) is 0 Å². The second-order valence-electron chi connectivity index (χ2n) is 3.21. The first-order chi connectivity index (χ1) is 7.13. The molecule has 84 valence electrons. The Hall–Kier alpha value is -1.49. The highest BCUT2D eigenvalue weighted by Gasteiger charge is 2.06. The van der Waals surface area contributed by atoms with Crippen molar-refractivity contribution < 1.29 is 9.47 Å². The molecule has 0 saturated heterocycles. The van der Waals surface area contributed by atoms with E-state index in [0.29, 0.717) is 24.8 Å². The van der Waals surface area contributed by atoms with E-state index >= 15 is 0 Å². The molecule has 1 aromatic heterocycles. The molecule has 5 nitrogen and oxygen atoms in total. The predicted molar refractivity (Wildman–Crippen MR) is 59.6 cm³/mol. The minimum absolute atomic E-state index is 0.0551. The average molecular weight is 211 g/mol. The Kier molecular flexibility index (Phi) is 4.17. The molecular formula is C10H17N3O2. The van der Waals surface area contributed by atoms with Gasteiger partial charge in [-0.3, -0.25) is 0 Å². The minimum Gasteiger partial charge on any atom is -0.472 e. The second-order valence-corrected chi connectivity index (χ2v) is 3.21. The van der Waals surface area contributed by atoms with Crippen LogP contribution in [0.2, 0.25) is 0 Å². The Morgan fingerprint density at radius 1 is 1.40 bits per heavy atom. The van der Waals surface area contributed by atoms with E-state index in [4.69, 9.17) is 20.9 Å². The summed E-state index contributed by atoms with van der Waals surface area (Å²) in [4.78, 5) is 4.00. The molecule has 0 saturated carbocycles. The summed E-state index contributed by atoms with van der Waals surface area (Å²) in [6.45, 7) is 5.05. The zero-order chi connectivity index (χ0) is 11.3. The number of hydrogen-bond donors (Lipinski definition) is 2. The number of rotatable bonds is 5. The summed E-state index contributed by atoms with van der Waals surface area (Å²) in [7, 11) is 0. The maximum atomic E-state index is 5.55. The summed E-state index contributed by atoms with van der Waals surface area (Å²) in [5.74, 6) is 0.755. The number of nitrogens with zero attached hydrogens (tertiary/aromatic N) is 1. The van der Waals surface area contributed by atoms with E-state index in [1.165, 1.54) is 0 Å². The first-order valence-electron chi connectivity index (χ1n) is 4.90. The van der Waals surface area contributed by atoms with Gasteiger partial charge in [0.1, 0.15) is 6.10 Å². The zero-order valence-electron chi connectivity index (χ0n) is 9.06. The summed E-state index contributed by atoms with van der Waals surface area (Å²) in [6, 6.07) is 3.36. The van der Waals surface area contributed by atoms with Crippen LogP contribution in [0.5, 0.6) is 5.88 Å². The van der Waals surface area contributed by atoms with Crippen LogP contribution in [0.25, 0.3) is 0 Å². The molecule has 0 aliphatic heterocycles. The van der Waals surface area contributed by atoms with Crippen LogP contribution in [0.15, 0.2) is 12.1 Å². The van der Waals surface area contributed by atoms with Gasteiger partial charge in [-0.1, -0.05) is 0 Å². The first-order valence-corrected chi connectivity index (χ1v) is 4.90. The molecule has 5 heteroatoms. The summed E-state index contributed by atoms with van der Waals surface area (Å²) in [6.07, 6.45) is -0.0551. The molecule has 1 atom stereocenters. The van der Waals surface area contributed by atoms with Crippen LogP contribution in [-0.2, 0) is 4.74 Å². The summed E-state index contributed by atoms with van der Waals surface area (Å²) >= 11 is 0. The lowest BCUT2D eigenvalue weighted by Crippen LogP contribution is -2.19. The van der Waals surface area contributed by atoms with Crippen LogP contribution in [0, 0.1) is 0 Å². The number of nitrogen functional groups attached to an aromatic ring is 2. The zero-order valence-corrected chi connectivity index (χ0v) is 9.06. The van der Waals surface area contributed by atoms with E-state index < -0.39 is 0 Å². The van der Waals surface area contributed by atoms with Gasteiger partial charge >= 0.3 is 0 Å². The van der Waals surface area contributed by atoms with Gasteiger partial charge in [-0.05, 0) is 19.9 Å². The highest BCUT2D eigenvalue weighted by Crippen LogP contribution is 2.17. The van der Waals surface area contributed by atoms with Gasteiger partial charge in [-0.15, -0.1) is 0 Å². The Labute approximate surface area is 89.4 Å². The van der Waals surface area contributed by atoms with Gasteiger partial charge in [-0.25, -0.2) is 0 Å². The molecule has 0 radical (unpaired) electrons. The predicted octanol–water partition coefficient (Wildman–Crippen LogP) is 1.05. The molecule has 0 fully saturated rings. The van der Waals surface area contributed by atoms with Crippen LogP contribution >= 0.6 is 0 Å². The van der Waals surface area contributed by atoms with Crippen LogP contribution in [-0.4, -0.2) is 24.3 Å². The van der Waals surface area contributed by atoms with E-state index in [2.05, 4.69) is 4.98 Å². The van der Waals surface area contributed by atoms with Crippen molar-refractivity contribution >= 4 is 11.5 Å². The van der Waals surface area contributed by atoms with E-state index in [1.807, 2.05) is 13.8 Å². The van der Waals surface area contributed by atoms with Gasteiger partial charge in [-0.2, -0.15) is 4.98 Å². The van der Waals surface area contributed by atoms with Gasteiger partial charge in [0.15, 0.2) is 5.82 Å². The quantitative estimate of drug-likeness (QED) is 0.760. The molecule has 4 N–H and O–H groups in total.